The van der Waals surface area contributed by atoms with Crippen LogP contribution in [0.5, 0.6) is 0 Å². The van der Waals surface area contributed by atoms with E-state index in [-0.39, 0.29) is 28.5 Å². The molecule has 2 N–H and O–H groups in total. The summed E-state index contributed by atoms with van der Waals surface area (Å²) in [5, 5.41) is 12.6. The first kappa shape index (κ1) is 25.7. The van der Waals surface area contributed by atoms with Crippen LogP contribution in [0.3, 0.4) is 0 Å². The minimum atomic E-state index is -0.578. The van der Waals surface area contributed by atoms with Crippen LogP contribution in [0.4, 0.5) is 5.00 Å². The summed E-state index contributed by atoms with van der Waals surface area (Å²) in [6, 6.07) is 14.6. The average molecular weight is 554 g/mol. The largest absolute Gasteiger partial charge is 0.465 e. The third-order valence-electron chi connectivity index (χ3n) is 7.35. The number of methoxy groups -OCH3 is 1. The normalized spacial score (nSPS) is 12.8. The zero-order valence-corrected chi connectivity index (χ0v) is 22.9. The lowest BCUT2D eigenvalue weighted by Gasteiger charge is -2.15. The number of carbonyl (C=O) groups is 2. The second-order valence-electron chi connectivity index (χ2n) is 9.88. The average Bonchev–Trinajstić information content (AvgIpc) is 3.33. The molecule has 6 rings (SSSR count). The quantitative estimate of drug-likeness (QED) is 0.246. The number of thiophene rings is 1. The van der Waals surface area contributed by atoms with Crippen molar-refractivity contribution in [3.05, 3.63) is 103 Å². The van der Waals surface area contributed by atoms with Crippen LogP contribution in [-0.2, 0) is 24.1 Å². The number of carbonyl (C=O) groups excluding carboxylic acids is 2. The summed E-state index contributed by atoms with van der Waals surface area (Å²) < 4.78 is 8.09. The molecule has 40 heavy (non-hydrogen) atoms. The molecule has 0 spiro atoms. The Morgan fingerprint density at radius 3 is 2.65 bits per heavy atom. The van der Waals surface area contributed by atoms with Gasteiger partial charge in [0.05, 0.1) is 30.2 Å². The van der Waals surface area contributed by atoms with E-state index in [0.29, 0.717) is 21.9 Å². The molecule has 0 aliphatic heterocycles. The van der Waals surface area contributed by atoms with E-state index in [0.717, 1.165) is 47.3 Å². The molecular formula is C30H27N5O4S. The van der Waals surface area contributed by atoms with Gasteiger partial charge >= 0.3 is 5.97 Å². The van der Waals surface area contributed by atoms with Crippen LogP contribution in [-0.4, -0.2) is 32.9 Å². The fourth-order valence-electron chi connectivity index (χ4n) is 5.33. The number of aryl methyl sites for hydroxylation is 2. The maximum Gasteiger partial charge on any atom is 0.341 e. The van der Waals surface area contributed by atoms with Gasteiger partial charge in [-0.15, -0.1) is 11.3 Å². The molecule has 0 atom stereocenters. The third-order valence-corrected chi connectivity index (χ3v) is 8.56. The fraction of sp³-hybridized carbons (Fsp3) is 0.233. The van der Waals surface area contributed by atoms with Crippen LogP contribution in [0.2, 0.25) is 0 Å². The number of hydrogen-bond acceptors (Lipinski definition) is 7. The van der Waals surface area contributed by atoms with Crippen LogP contribution in [0.15, 0.2) is 59.5 Å². The molecule has 0 saturated heterocycles. The first-order valence-corrected chi connectivity index (χ1v) is 13.9. The van der Waals surface area contributed by atoms with Crippen LogP contribution in [0.1, 0.15) is 55.1 Å². The van der Waals surface area contributed by atoms with E-state index in [4.69, 9.17) is 15.1 Å². The molecule has 4 heterocycles. The Balaban J connectivity index is 1.54. The lowest BCUT2D eigenvalue weighted by atomic mass is 9.95. The lowest BCUT2D eigenvalue weighted by Crippen LogP contribution is -2.32. The van der Waals surface area contributed by atoms with Crippen LogP contribution < -0.4 is 16.4 Å². The number of nitrogens with one attached hydrogen (secondary N) is 2. The van der Waals surface area contributed by atoms with Crippen molar-refractivity contribution < 1.29 is 14.3 Å². The van der Waals surface area contributed by atoms with Crippen LogP contribution in [0, 0.1) is 12.3 Å². The van der Waals surface area contributed by atoms with Crippen molar-refractivity contribution in [1.82, 2.24) is 14.0 Å². The number of amides is 1. The SMILES string of the molecule is COC(=O)c1c(NC(=O)c2cc3c(=O)n4cccc(C)c4nc3n(Cc3ccccc3)c2=N)sc2c1CCCC2. The summed E-state index contributed by atoms with van der Waals surface area (Å²) in [7, 11) is 1.32. The minimum Gasteiger partial charge on any atom is -0.465 e. The number of pyridine rings is 2. The summed E-state index contributed by atoms with van der Waals surface area (Å²) >= 11 is 1.37. The number of hydrogen-bond donors (Lipinski definition) is 2. The van der Waals surface area contributed by atoms with Crippen molar-refractivity contribution in [2.75, 3.05) is 12.4 Å². The van der Waals surface area contributed by atoms with Gasteiger partial charge in [0.2, 0.25) is 0 Å². The Morgan fingerprint density at radius 1 is 1.10 bits per heavy atom. The number of benzene rings is 1. The van der Waals surface area contributed by atoms with Gasteiger partial charge < -0.3 is 14.6 Å². The molecule has 4 aromatic heterocycles. The summed E-state index contributed by atoms with van der Waals surface area (Å²) in [5.41, 5.74) is 3.42. The van der Waals surface area contributed by atoms with Crippen molar-refractivity contribution in [2.24, 2.45) is 0 Å². The van der Waals surface area contributed by atoms with Gasteiger partial charge in [-0.1, -0.05) is 36.4 Å². The smallest absolute Gasteiger partial charge is 0.341 e. The first-order valence-electron chi connectivity index (χ1n) is 13.1. The van der Waals surface area contributed by atoms with Crippen molar-refractivity contribution in [3.63, 3.8) is 0 Å². The monoisotopic (exact) mass is 553 g/mol. The van der Waals surface area contributed by atoms with Crippen LogP contribution >= 0.6 is 11.3 Å². The van der Waals surface area contributed by atoms with E-state index >= 15 is 0 Å². The van der Waals surface area contributed by atoms with Gasteiger partial charge in [0, 0.05) is 11.1 Å². The molecule has 9 nitrogen and oxygen atoms in total. The molecule has 1 aliphatic rings. The Morgan fingerprint density at radius 2 is 1.88 bits per heavy atom. The second-order valence-corrected chi connectivity index (χ2v) is 11.0. The Hall–Kier alpha value is -4.57. The maximum atomic E-state index is 13.8. The number of anilines is 1. The van der Waals surface area contributed by atoms with Gasteiger partial charge in [0.1, 0.15) is 21.8 Å². The van der Waals surface area contributed by atoms with Gasteiger partial charge in [0.25, 0.3) is 11.5 Å². The lowest BCUT2D eigenvalue weighted by molar-refractivity contribution is 0.0601. The molecule has 1 amide bonds. The maximum absolute atomic E-state index is 13.8. The number of aromatic nitrogens is 3. The van der Waals surface area contributed by atoms with Crippen molar-refractivity contribution in [1.29, 1.82) is 5.41 Å². The van der Waals surface area contributed by atoms with Gasteiger partial charge in [0.15, 0.2) is 0 Å². The Kier molecular flexibility index (Phi) is 6.55. The fourth-order valence-corrected chi connectivity index (χ4v) is 6.60. The minimum absolute atomic E-state index is 0.0112. The highest BCUT2D eigenvalue weighted by Gasteiger charge is 2.28. The molecule has 0 radical (unpaired) electrons. The van der Waals surface area contributed by atoms with Gasteiger partial charge in [-0.2, -0.15) is 0 Å². The zero-order valence-electron chi connectivity index (χ0n) is 22.1. The van der Waals surface area contributed by atoms with E-state index in [1.54, 1.807) is 16.8 Å². The van der Waals surface area contributed by atoms with Gasteiger partial charge in [-0.25, -0.2) is 9.78 Å². The first-order chi connectivity index (χ1) is 19.4. The molecule has 1 aliphatic carbocycles. The number of nitrogens with zero attached hydrogens (tertiary/aromatic N) is 3. The summed E-state index contributed by atoms with van der Waals surface area (Å²) in [6.07, 6.45) is 5.22. The molecular weight excluding hydrogens is 526 g/mol. The molecule has 1 aromatic carbocycles. The van der Waals surface area contributed by atoms with E-state index in [2.05, 4.69) is 5.32 Å². The molecule has 202 valence electrons. The number of ether oxygens (including phenoxy) is 1. The van der Waals surface area contributed by atoms with Crippen molar-refractivity contribution >= 4 is 44.9 Å². The van der Waals surface area contributed by atoms with E-state index < -0.39 is 11.9 Å². The predicted octanol–water partition coefficient (Wildman–Crippen LogP) is 4.46. The summed E-state index contributed by atoms with van der Waals surface area (Å²) in [5.74, 6) is -1.08. The second kappa shape index (κ2) is 10.2. The van der Waals surface area contributed by atoms with E-state index in [9.17, 15) is 14.4 Å². The molecule has 10 heteroatoms. The molecule has 0 bridgehead atoms. The van der Waals surface area contributed by atoms with Gasteiger partial charge in [-0.05, 0) is 61.4 Å². The van der Waals surface area contributed by atoms with Crippen molar-refractivity contribution in [2.45, 2.75) is 39.2 Å². The number of rotatable bonds is 5. The predicted molar refractivity (Wildman–Crippen MR) is 153 cm³/mol. The highest BCUT2D eigenvalue weighted by atomic mass is 32.1. The topological polar surface area (TPSA) is 119 Å². The number of fused-ring (bicyclic) bond motifs is 3. The summed E-state index contributed by atoms with van der Waals surface area (Å²) in [4.78, 5) is 46.0. The Bertz CT molecular complexity index is 1940. The zero-order chi connectivity index (χ0) is 28.0. The number of esters is 1. The highest BCUT2D eigenvalue weighted by molar-refractivity contribution is 7.17. The standard InChI is InChI=1S/C30H27N5O4S/c1-17-9-8-14-34-25(17)32-26-21(29(34)37)15-20(24(31)35(26)16-18-10-4-3-5-11-18)27(36)33-28-23(30(38)39-2)19-12-6-7-13-22(19)40-28/h3-5,8-11,14-15,31H,6-7,12-13,16H2,1-2H3,(H,33,36). The molecule has 5 aromatic rings. The van der Waals surface area contributed by atoms with E-state index in [1.165, 1.54) is 28.9 Å². The van der Waals surface area contributed by atoms with E-state index in [1.807, 2.05) is 43.3 Å². The summed E-state index contributed by atoms with van der Waals surface area (Å²) in [6.45, 7) is 2.12. The van der Waals surface area contributed by atoms with Crippen molar-refractivity contribution in [3.8, 4) is 0 Å². The highest BCUT2D eigenvalue weighted by Crippen LogP contribution is 2.38. The van der Waals surface area contributed by atoms with Crippen LogP contribution in [0.25, 0.3) is 16.7 Å². The van der Waals surface area contributed by atoms with Gasteiger partial charge in [-0.3, -0.25) is 19.4 Å². The molecule has 0 unspecified atom stereocenters. The Labute approximate surface area is 233 Å². The molecule has 0 saturated carbocycles. The molecule has 0 fully saturated rings. The third kappa shape index (κ3) is 4.30.